The lowest BCUT2D eigenvalue weighted by molar-refractivity contribution is 0.0248. The molecule has 2 aromatic carbocycles. The molecule has 0 saturated carbocycles. The molecule has 2 aromatic rings. The average molecular weight is 270 g/mol. The number of cyclic esters (lactones) is 1. The third-order valence-corrected chi connectivity index (χ3v) is 3.48. The zero-order valence-corrected chi connectivity index (χ0v) is 11.0. The van der Waals surface area contributed by atoms with Crippen LogP contribution < -0.4 is 4.74 Å². The van der Waals surface area contributed by atoms with Crippen LogP contribution in [0.4, 0.5) is 0 Å². The van der Waals surface area contributed by atoms with E-state index in [4.69, 9.17) is 9.47 Å². The summed E-state index contributed by atoms with van der Waals surface area (Å²) in [6.07, 6.45) is 0.227. The minimum Gasteiger partial charge on any atom is -0.507 e. The lowest BCUT2D eigenvalue weighted by Gasteiger charge is -2.25. The van der Waals surface area contributed by atoms with Gasteiger partial charge >= 0.3 is 5.97 Å². The third-order valence-electron chi connectivity index (χ3n) is 3.48. The molecule has 0 amide bonds. The Kier molecular flexibility index (Phi) is 3.06. The van der Waals surface area contributed by atoms with Crippen LogP contribution in [-0.4, -0.2) is 18.2 Å². The van der Waals surface area contributed by atoms with Crippen molar-refractivity contribution >= 4 is 5.97 Å². The second-order valence-corrected chi connectivity index (χ2v) is 4.68. The molecule has 0 saturated heterocycles. The Balaban J connectivity index is 1.93. The Morgan fingerprint density at radius 2 is 1.95 bits per heavy atom. The van der Waals surface area contributed by atoms with Gasteiger partial charge in [0.25, 0.3) is 0 Å². The van der Waals surface area contributed by atoms with Gasteiger partial charge < -0.3 is 14.6 Å². The number of phenolic OH excluding ortho intramolecular Hbond substituents is 1. The predicted molar refractivity (Wildman–Crippen MR) is 73.0 cm³/mol. The third kappa shape index (κ3) is 2.09. The Morgan fingerprint density at radius 3 is 2.65 bits per heavy atom. The highest BCUT2D eigenvalue weighted by atomic mass is 16.5. The molecule has 0 aliphatic carbocycles. The molecular formula is C16H14O4. The second kappa shape index (κ2) is 4.89. The van der Waals surface area contributed by atoms with Gasteiger partial charge in [-0.1, -0.05) is 24.3 Å². The fourth-order valence-electron chi connectivity index (χ4n) is 2.43. The van der Waals surface area contributed by atoms with Gasteiger partial charge in [-0.05, 0) is 29.3 Å². The lowest BCUT2D eigenvalue weighted by Crippen LogP contribution is -2.21. The number of aromatic hydroxyl groups is 1. The summed E-state index contributed by atoms with van der Waals surface area (Å²) in [6, 6.07) is 12.5. The van der Waals surface area contributed by atoms with Crippen molar-refractivity contribution in [3.63, 3.8) is 0 Å². The summed E-state index contributed by atoms with van der Waals surface area (Å²) in [5.74, 6) is 0.250. The van der Waals surface area contributed by atoms with Crippen molar-refractivity contribution in [3.8, 4) is 11.5 Å². The first-order valence-corrected chi connectivity index (χ1v) is 6.35. The van der Waals surface area contributed by atoms with E-state index in [-0.39, 0.29) is 17.4 Å². The summed E-state index contributed by atoms with van der Waals surface area (Å²) < 4.78 is 10.5. The number of rotatable bonds is 2. The van der Waals surface area contributed by atoms with Crippen LogP contribution in [0.5, 0.6) is 11.5 Å². The molecule has 3 rings (SSSR count). The molecule has 4 heteroatoms. The molecule has 102 valence electrons. The average Bonchev–Trinajstić information content (AvgIpc) is 2.47. The van der Waals surface area contributed by atoms with Crippen LogP contribution in [0, 0.1) is 0 Å². The van der Waals surface area contributed by atoms with Gasteiger partial charge in [-0.3, -0.25) is 0 Å². The van der Waals surface area contributed by atoms with Gasteiger partial charge in [0.05, 0.1) is 7.11 Å². The van der Waals surface area contributed by atoms with Gasteiger partial charge in [-0.25, -0.2) is 4.79 Å². The van der Waals surface area contributed by atoms with Crippen LogP contribution in [-0.2, 0) is 11.2 Å². The number of phenols is 1. The number of ether oxygens (including phenoxy) is 2. The first-order valence-electron chi connectivity index (χ1n) is 6.35. The van der Waals surface area contributed by atoms with Gasteiger partial charge in [-0.2, -0.15) is 0 Å². The molecule has 0 fully saturated rings. The molecule has 0 radical (unpaired) electrons. The minimum atomic E-state index is -0.481. The van der Waals surface area contributed by atoms with Crippen LogP contribution in [0.2, 0.25) is 0 Å². The zero-order valence-electron chi connectivity index (χ0n) is 11.0. The summed E-state index contributed by atoms with van der Waals surface area (Å²) in [6.45, 7) is 0. The summed E-state index contributed by atoms with van der Waals surface area (Å²) in [4.78, 5) is 12.0. The molecule has 1 aliphatic rings. The van der Waals surface area contributed by atoms with Gasteiger partial charge in [0.15, 0.2) is 0 Å². The maximum atomic E-state index is 12.0. The lowest BCUT2D eigenvalue weighted by atomic mass is 9.94. The van der Waals surface area contributed by atoms with Gasteiger partial charge in [0.1, 0.15) is 23.2 Å². The fraction of sp³-hybridized carbons (Fsp3) is 0.188. The maximum Gasteiger partial charge on any atom is 0.342 e. The number of fused-ring (bicyclic) bond motifs is 1. The zero-order chi connectivity index (χ0) is 14.1. The summed E-state index contributed by atoms with van der Waals surface area (Å²) >= 11 is 0. The van der Waals surface area contributed by atoms with E-state index >= 15 is 0 Å². The second-order valence-electron chi connectivity index (χ2n) is 4.68. The van der Waals surface area contributed by atoms with E-state index in [9.17, 15) is 9.90 Å². The van der Waals surface area contributed by atoms with Crippen molar-refractivity contribution < 1.29 is 19.4 Å². The summed E-state index contributed by atoms with van der Waals surface area (Å²) in [7, 11) is 1.61. The standard InChI is InChI=1S/C16H14O4/c1-19-12-7-5-10(6-8-12)14-9-11-3-2-4-13(17)15(11)16(18)20-14/h2-8,14,17H,9H2,1H3/t14-/m0/s1. The van der Waals surface area contributed by atoms with Crippen LogP contribution in [0.1, 0.15) is 27.6 Å². The first-order chi connectivity index (χ1) is 9.69. The van der Waals surface area contributed by atoms with E-state index in [0.717, 1.165) is 16.9 Å². The predicted octanol–water partition coefficient (Wildman–Crippen LogP) is 2.86. The number of carbonyl (C=O) groups excluding carboxylic acids is 1. The highest BCUT2D eigenvalue weighted by Gasteiger charge is 2.29. The van der Waals surface area contributed by atoms with Crippen molar-refractivity contribution in [2.45, 2.75) is 12.5 Å². The first kappa shape index (κ1) is 12.5. The molecule has 0 bridgehead atoms. The molecule has 20 heavy (non-hydrogen) atoms. The molecule has 4 nitrogen and oxygen atoms in total. The van der Waals surface area contributed by atoms with Crippen molar-refractivity contribution in [1.29, 1.82) is 0 Å². The monoisotopic (exact) mass is 270 g/mol. The van der Waals surface area contributed by atoms with Gasteiger partial charge in [0.2, 0.25) is 0 Å². The summed E-state index contributed by atoms with van der Waals surface area (Å²) in [5.41, 5.74) is 1.99. The largest absolute Gasteiger partial charge is 0.507 e. The number of hydrogen-bond acceptors (Lipinski definition) is 4. The highest BCUT2D eigenvalue weighted by molar-refractivity contribution is 5.95. The molecule has 1 N–H and O–H groups in total. The van der Waals surface area contributed by atoms with Crippen molar-refractivity contribution in [1.82, 2.24) is 0 Å². The number of benzene rings is 2. The van der Waals surface area contributed by atoms with Crippen LogP contribution in [0.3, 0.4) is 0 Å². The quantitative estimate of drug-likeness (QED) is 0.852. The normalized spacial score (nSPS) is 17.2. The van der Waals surface area contributed by atoms with E-state index in [1.165, 1.54) is 6.07 Å². The van der Waals surface area contributed by atoms with Crippen LogP contribution >= 0.6 is 0 Å². The molecule has 1 atom stereocenters. The maximum absolute atomic E-state index is 12.0. The minimum absolute atomic E-state index is 0.0271. The number of hydrogen-bond donors (Lipinski definition) is 1. The van der Waals surface area contributed by atoms with Crippen molar-refractivity contribution in [2.24, 2.45) is 0 Å². The van der Waals surface area contributed by atoms with E-state index in [1.54, 1.807) is 13.2 Å². The van der Waals surface area contributed by atoms with E-state index in [0.29, 0.717) is 6.42 Å². The van der Waals surface area contributed by atoms with E-state index in [1.807, 2.05) is 30.3 Å². The molecule has 0 aromatic heterocycles. The van der Waals surface area contributed by atoms with Gasteiger partial charge in [-0.15, -0.1) is 0 Å². The molecule has 1 heterocycles. The van der Waals surface area contributed by atoms with E-state index < -0.39 is 5.97 Å². The highest BCUT2D eigenvalue weighted by Crippen LogP contribution is 2.34. The number of methoxy groups -OCH3 is 1. The van der Waals surface area contributed by atoms with Crippen molar-refractivity contribution in [3.05, 3.63) is 59.2 Å². The van der Waals surface area contributed by atoms with E-state index in [2.05, 4.69) is 0 Å². The fourth-order valence-corrected chi connectivity index (χ4v) is 2.43. The van der Waals surface area contributed by atoms with Gasteiger partial charge in [0, 0.05) is 6.42 Å². The summed E-state index contributed by atoms with van der Waals surface area (Å²) in [5, 5.41) is 9.73. The smallest absolute Gasteiger partial charge is 0.342 e. The molecule has 0 spiro atoms. The topological polar surface area (TPSA) is 55.8 Å². The Bertz CT molecular complexity index is 646. The Labute approximate surface area is 116 Å². The SMILES string of the molecule is COc1ccc([C@@H]2Cc3cccc(O)c3C(=O)O2)cc1. The van der Waals surface area contributed by atoms with Crippen molar-refractivity contribution in [2.75, 3.05) is 7.11 Å². The number of carbonyl (C=O) groups is 1. The van der Waals surface area contributed by atoms with Crippen LogP contribution in [0.15, 0.2) is 42.5 Å². The Hall–Kier alpha value is -2.49. The Morgan fingerprint density at radius 1 is 1.20 bits per heavy atom. The molecule has 1 aliphatic heterocycles. The molecule has 0 unspecified atom stereocenters. The number of esters is 1. The molecular weight excluding hydrogens is 256 g/mol. The van der Waals surface area contributed by atoms with Crippen LogP contribution in [0.25, 0.3) is 0 Å².